The molecule has 0 bridgehead atoms. The highest BCUT2D eigenvalue weighted by Crippen LogP contribution is 2.29. The van der Waals surface area contributed by atoms with Gasteiger partial charge >= 0.3 is 12.7 Å². The van der Waals surface area contributed by atoms with Crippen LogP contribution in [0.2, 0.25) is 0 Å². The first-order valence-electron chi connectivity index (χ1n) is 7.21. The molecule has 1 aromatic heterocycles. The minimum absolute atomic E-state index is 0.0179. The second kappa shape index (κ2) is 7.95. The number of guanidine groups is 1. The minimum atomic E-state index is -4.38. The summed E-state index contributed by atoms with van der Waals surface area (Å²) in [5.74, 6) is 0.441. The Labute approximate surface area is 140 Å². The summed E-state index contributed by atoms with van der Waals surface area (Å²) < 4.78 is 63.7. The number of imidazole rings is 1. The molecule has 0 radical (unpaired) electrons. The van der Waals surface area contributed by atoms with E-state index in [1.54, 1.807) is 0 Å². The molecule has 0 saturated heterocycles. The van der Waals surface area contributed by atoms with Crippen molar-refractivity contribution >= 4 is 5.96 Å². The van der Waals surface area contributed by atoms with Gasteiger partial charge in [0.05, 0.1) is 12.1 Å². The predicted octanol–water partition coefficient (Wildman–Crippen LogP) is 3.16. The zero-order chi connectivity index (χ0) is 18.4. The van der Waals surface area contributed by atoms with Crippen LogP contribution in [0.25, 0.3) is 0 Å². The maximum absolute atomic E-state index is 12.7. The van der Waals surface area contributed by atoms with Gasteiger partial charge < -0.3 is 10.6 Å². The third kappa shape index (κ3) is 5.16. The largest absolute Gasteiger partial charge is 0.416 e. The fraction of sp³-hybridized carbons (Fsp3) is 0.333. The number of aromatic nitrogens is 2. The van der Waals surface area contributed by atoms with Crippen molar-refractivity contribution in [2.75, 3.05) is 7.05 Å². The van der Waals surface area contributed by atoms with E-state index >= 15 is 0 Å². The van der Waals surface area contributed by atoms with Crippen LogP contribution in [0.1, 0.15) is 23.5 Å². The molecule has 2 rings (SSSR count). The molecule has 136 valence electrons. The van der Waals surface area contributed by atoms with E-state index in [0.29, 0.717) is 11.5 Å². The Balaban J connectivity index is 1.89. The molecule has 0 unspecified atom stereocenters. The molecule has 25 heavy (non-hydrogen) atoms. The molecule has 0 aliphatic carbocycles. The third-order valence-corrected chi connectivity index (χ3v) is 3.34. The van der Waals surface area contributed by atoms with Gasteiger partial charge in [0.15, 0.2) is 5.96 Å². The number of aliphatic imine (C=N–C) groups is 1. The highest BCUT2D eigenvalue weighted by Gasteiger charge is 2.29. The summed E-state index contributed by atoms with van der Waals surface area (Å²) in [6.07, 6.45) is -1.95. The first-order chi connectivity index (χ1) is 11.8. The van der Waals surface area contributed by atoms with Crippen molar-refractivity contribution in [1.29, 1.82) is 0 Å². The summed E-state index contributed by atoms with van der Waals surface area (Å²) in [7, 11) is 1.49. The van der Waals surface area contributed by atoms with E-state index in [1.165, 1.54) is 31.6 Å². The van der Waals surface area contributed by atoms with Crippen LogP contribution >= 0.6 is 0 Å². The molecule has 0 saturated carbocycles. The normalized spacial score (nSPS) is 12.5. The minimum Gasteiger partial charge on any atom is -0.352 e. The van der Waals surface area contributed by atoms with Gasteiger partial charge in [-0.25, -0.2) is 4.98 Å². The smallest absolute Gasteiger partial charge is 0.352 e. The lowest BCUT2D eigenvalue weighted by Crippen LogP contribution is -2.37. The van der Waals surface area contributed by atoms with Gasteiger partial charge in [-0.2, -0.15) is 22.0 Å². The number of alkyl halides is 5. The SMILES string of the molecule is CN=C(NCc1ccc(C(F)(F)F)cc1)NCc1nccn1C(F)F. The Hall–Kier alpha value is -2.65. The quantitative estimate of drug-likeness (QED) is 0.489. The van der Waals surface area contributed by atoms with Gasteiger partial charge in [0.2, 0.25) is 0 Å². The van der Waals surface area contributed by atoms with Gasteiger partial charge in [-0.05, 0) is 17.7 Å². The zero-order valence-electron chi connectivity index (χ0n) is 13.2. The Morgan fingerprint density at radius 1 is 1.16 bits per heavy atom. The van der Waals surface area contributed by atoms with Crippen molar-refractivity contribution in [2.45, 2.75) is 25.8 Å². The van der Waals surface area contributed by atoms with E-state index in [-0.39, 0.29) is 18.9 Å². The molecular weight excluding hydrogens is 345 g/mol. The van der Waals surface area contributed by atoms with Crippen LogP contribution in [0.3, 0.4) is 0 Å². The van der Waals surface area contributed by atoms with Gasteiger partial charge in [0, 0.05) is 26.0 Å². The molecule has 5 nitrogen and oxygen atoms in total. The van der Waals surface area contributed by atoms with E-state index < -0.39 is 18.3 Å². The fourth-order valence-corrected chi connectivity index (χ4v) is 2.04. The van der Waals surface area contributed by atoms with Crippen molar-refractivity contribution < 1.29 is 22.0 Å². The van der Waals surface area contributed by atoms with E-state index in [9.17, 15) is 22.0 Å². The number of benzene rings is 1. The summed E-state index contributed by atoms with van der Waals surface area (Å²) >= 11 is 0. The number of halogens is 5. The molecule has 0 amide bonds. The Kier molecular flexibility index (Phi) is 5.94. The lowest BCUT2D eigenvalue weighted by molar-refractivity contribution is -0.137. The molecule has 2 aromatic rings. The summed E-state index contributed by atoms with van der Waals surface area (Å²) in [6, 6.07) is 4.69. The molecule has 0 aliphatic rings. The van der Waals surface area contributed by atoms with Crippen LogP contribution in [0.15, 0.2) is 41.7 Å². The Morgan fingerprint density at radius 2 is 1.80 bits per heavy atom. The highest BCUT2D eigenvalue weighted by molar-refractivity contribution is 5.79. The second-order valence-corrected chi connectivity index (χ2v) is 5.00. The second-order valence-electron chi connectivity index (χ2n) is 5.00. The Bertz CT molecular complexity index is 706. The Morgan fingerprint density at radius 3 is 2.36 bits per heavy atom. The average molecular weight is 361 g/mol. The summed E-state index contributed by atoms with van der Waals surface area (Å²) in [4.78, 5) is 7.75. The maximum Gasteiger partial charge on any atom is 0.416 e. The predicted molar refractivity (Wildman–Crippen MR) is 82.0 cm³/mol. The first-order valence-corrected chi connectivity index (χ1v) is 7.21. The molecular formula is C15H16F5N5. The number of rotatable bonds is 5. The van der Waals surface area contributed by atoms with Crippen molar-refractivity contribution in [3.05, 3.63) is 53.6 Å². The molecule has 0 spiro atoms. The van der Waals surface area contributed by atoms with Crippen LogP contribution in [0, 0.1) is 0 Å². The monoisotopic (exact) mass is 361 g/mol. The lowest BCUT2D eigenvalue weighted by atomic mass is 10.1. The number of nitrogens with zero attached hydrogens (tertiary/aromatic N) is 3. The maximum atomic E-state index is 12.7. The molecule has 0 atom stereocenters. The van der Waals surface area contributed by atoms with Crippen LogP contribution in [-0.4, -0.2) is 22.6 Å². The number of hydrogen-bond donors (Lipinski definition) is 2. The van der Waals surface area contributed by atoms with Gasteiger partial charge in [-0.3, -0.25) is 9.56 Å². The van der Waals surface area contributed by atoms with Crippen molar-refractivity contribution in [1.82, 2.24) is 20.2 Å². The molecule has 2 N–H and O–H groups in total. The van der Waals surface area contributed by atoms with Gasteiger partial charge in [0.25, 0.3) is 0 Å². The van der Waals surface area contributed by atoms with Gasteiger partial charge in [-0.15, -0.1) is 0 Å². The van der Waals surface area contributed by atoms with Crippen molar-refractivity contribution in [3.63, 3.8) is 0 Å². The number of hydrogen-bond acceptors (Lipinski definition) is 2. The van der Waals surface area contributed by atoms with E-state index in [4.69, 9.17) is 0 Å². The summed E-state index contributed by atoms with van der Waals surface area (Å²) in [6.45, 7) is -2.45. The van der Waals surface area contributed by atoms with Crippen LogP contribution in [0.4, 0.5) is 22.0 Å². The van der Waals surface area contributed by atoms with E-state index in [1.807, 2.05) is 0 Å². The molecule has 10 heteroatoms. The van der Waals surface area contributed by atoms with Gasteiger partial charge in [0.1, 0.15) is 5.82 Å². The standard InChI is InChI=1S/C15H16F5N5/c1-21-14(24-9-12-22-6-7-25(12)13(16)17)23-8-10-2-4-11(5-3-10)15(18,19)20/h2-7,13H,8-9H2,1H3,(H2,21,23,24). The van der Waals surface area contributed by atoms with E-state index in [2.05, 4.69) is 20.6 Å². The lowest BCUT2D eigenvalue weighted by Gasteiger charge is -2.13. The molecule has 0 aliphatic heterocycles. The van der Waals surface area contributed by atoms with Crippen LogP contribution in [-0.2, 0) is 19.3 Å². The summed E-state index contributed by atoms with van der Waals surface area (Å²) in [5, 5.41) is 5.70. The average Bonchev–Trinajstić information content (AvgIpc) is 3.03. The van der Waals surface area contributed by atoms with Crippen LogP contribution < -0.4 is 10.6 Å². The van der Waals surface area contributed by atoms with Gasteiger partial charge in [-0.1, -0.05) is 12.1 Å². The third-order valence-electron chi connectivity index (χ3n) is 3.34. The molecule has 1 heterocycles. The topological polar surface area (TPSA) is 54.2 Å². The molecule has 1 aromatic carbocycles. The van der Waals surface area contributed by atoms with E-state index in [0.717, 1.165) is 16.7 Å². The zero-order valence-corrected chi connectivity index (χ0v) is 13.2. The van der Waals surface area contributed by atoms with Crippen LogP contribution in [0.5, 0.6) is 0 Å². The first kappa shape index (κ1) is 18.7. The summed E-state index contributed by atoms with van der Waals surface area (Å²) in [5.41, 5.74) is -0.109. The molecule has 0 fully saturated rings. The fourth-order valence-electron chi connectivity index (χ4n) is 2.04. The van der Waals surface area contributed by atoms with Crippen molar-refractivity contribution in [3.8, 4) is 0 Å². The highest BCUT2D eigenvalue weighted by atomic mass is 19.4. The number of nitrogens with one attached hydrogen (secondary N) is 2. The van der Waals surface area contributed by atoms with Crippen molar-refractivity contribution in [2.24, 2.45) is 4.99 Å².